The van der Waals surface area contributed by atoms with Gasteiger partial charge in [-0.15, -0.1) is 0 Å². The number of nitrogens with zero attached hydrogens (tertiary/aromatic N) is 1. The van der Waals surface area contributed by atoms with Crippen molar-refractivity contribution < 1.29 is 14.3 Å². The second-order valence-electron chi connectivity index (χ2n) is 3.99. The molecule has 1 heterocycles. The van der Waals surface area contributed by atoms with Crippen molar-refractivity contribution in [3.63, 3.8) is 0 Å². The molecule has 1 unspecified atom stereocenters. The number of benzene rings is 1. The van der Waals surface area contributed by atoms with Crippen LogP contribution in [0.25, 0.3) is 0 Å². The zero-order valence-electron chi connectivity index (χ0n) is 9.40. The molecule has 4 nitrogen and oxygen atoms in total. The lowest BCUT2D eigenvalue weighted by Gasteiger charge is -2.36. The van der Waals surface area contributed by atoms with Gasteiger partial charge in [-0.3, -0.25) is 4.79 Å². The summed E-state index contributed by atoms with van der Waals surface area (Å²) in [5.41, 5.74) is 0.805. The number of anilines is 1. The Bertz CT molecular complexity index is 394. The van der Waals surface area contributed by atoms with Crippen LogP contribution in [0.4, 0.5) is 10.1 Å². The van der Waals surface area contributed by atoms with Crippen LogP contribution in [0, 0.1) is 5.82 Å². The number of amides is 1. The van der Waals surface area contributed by atoms with E-state index in [1.165, 1.54) is 12.1 Å². The summed E-state index contributed by atoms with van der Waals surface area (Å²) in [7, 11) is 0. The molecule has 17 heavy (non-hydrogen) atoms. The Morgan fingerprint density at radius 2 is 2.12 bits per heavy atom. The van der Waals surface area contributed by atoms with Gasteiger partial charge >= 0.3 is 0 Å². The molecule has 1 aromatic rings. The molecule has 92 valence electrons. The molecule has 0 aromatic heterocycles. The summed E-state index contributed by atoms with van der Waals surface area (Å²) in [6.45, 7) is 1.19. The van der Waals surface area contributed by atoms with Crippen LogP contribution in [-0.2, 0) is 4.79 Å². The van der Waals surface area contributed by atoms with E-state index in [-0.39, 0.29) is 24.4 Å². The van der Waals surface area contributed by atoms with Gasteiger partial charge in [-0.1, -0.05) is 0 Å². The third-order valence-corrected chi connectivity index (χ3v) is 2.89. The summed E-state index contributed by atoms with van der Waals surface area (Å²) in [5, 5.41) is 11.7. The van der Waals surface area contributed by atoms with Crippen molar-refractivity contribution in [1.82, 2.24) is 5.32 Å². The molecule has 1 aliphatic heterocycles. The number of piperazine rings is 1. The Morgan fingerprint density at radius 1 is 1.41 bits per heavy atom. The van der Waals surface area contributed by atoms with E-state index < -0.39 is 0 Å². The molecular weight excluding hydrogens is 223 g/mol. The summed E-state index contributed by atoms with van der Waals surface area (Å²) < 4.78 is 12.8. The SMILES string of the molecule is O=C1NCCN(c2ccc(F)cc2)C1CCO. The molecular formula is C12H15FN2O2. The highest BCUT2D eigenvalue weighted by molar-refractivity contribution is 5.86. The monoisotopic (exact) mass is 238 g/mol. The lowest BCUT2D eigenvalue weighted by molar-refractivity contribution is -0.123. The first-order chi connectivity index (χ1) is 8.22. The molecule has 2 N–H and O–H groups in total. The molecule has 1 fully saturated rings. The van der Waals surface area contributed by atoms with Gasteiger partial charge in [0.15, 0.2) is 0 Å². The van der Waals surface area contributed by atoms with Crippen molar-refractivity contribution in [2.24, 2.45) is 0 Å². The van der Waals surface area contributed by atoms with E-state index in [4.69, 9.17) is 5.11 Å². The fourth-order valence-corrected chi connectivity index (χ4v) is 2.07. The van der Waals surface area contributed by atoms with Crippen LogP contribution in [0.2, 0.25) is 0 Å². The third kappa shape index (κ3) is 2.55. The number of nitrogens with one attached hydrogen (secondary N) is 1. The van der Waals surface area contributed by atoms with E-state index in [2.05, 4.69) is 5.32 Å². The molecule has 5 heteroatoms. The standard InChI is InChI=1S/C12H15FN2O2/c13-9-1-3-10(4-2-9)15-7-6-14-12(17)11(15)5-8-16/h1-4,11,16H,5-8H2,(H,14,17). The van der Waals surface area contributed by atoms with Crippen molar-refractivity contribution in [3.05, 3.63) is 30.1 Å². The number of aliphatic hydroxyl groups excluding tert-OH is 1. The fraction of sp³-hybridized carbons (Fsp3) is 0.417. The highest BCUT2D eigenvalue weighted by atomic mass is 19.1. The van der Waals surface area contributed by atoms with Gasteiger partial charge in [-0.25, -0.2) is 4.39 Å². The van der Waals surface area contributed by atoms with Gasteiger partial charge in [0.05, 0.1) is 0 Å². The summed E-state index contributed by atoms with van der Waals surface area (Å²) in [6.07, 6.45) is 0.378. The van der Waals surface area contributed by atoms with E-state index >= 15 is 0 Å². The van der Waals surface area contributed by atoms with Crippen molar-refractivity contribution in [2.75, 3.05) is 24.6 Å². The van der Waals surface area contributed by atoms with Crippen LogP contribution in [0.15, 0.2) is 24.3 Å². The predicted molar refractivity (Wildman–Crippen MR) is 62.2 cm³/mol. The molecule has 1 atom stereocenters. The summed E-state index contributed by atoms with van der Waals surface area (Å²) in [4.78, 5) is 13.6. The van der Waals surface area contributed by atoms with Gasteiger partial charge in [-0.05, 0) is 30.7 Å². The highest BCUT2D eigenvalue weighted by Crippen LogP contribution is 2.20. The normalized spacial score (nSPS) is 20.2. The van der Waals surface area contributed by atoms with Crippen LogP contribution < -0.4 is 10.2 Å². The van der Waals surface area contributed by atoms with Crippen molar-refractivity contribution in [3.8, 4) is 0 Å². The van der Waals surface area contributed by atoms with E-state index in [1.807, 2.05) is 4.90 Å². The summed E-state index contributed by atoms with van der Waals surface area (Å²) >= 11 is 0. The number of carbonyl (C=O) groups is 1. The number of halogens is 1. The number of aliphatic hydroxyl groups is 1. The first-order valence-electron chi connectivity index (χ1n) is 5.63. The van der Waals surface area contributed by atoms with E-state index in [0.717, 1.165) is 5.69 Å². The van der Waals surface area contributed by atoms with Gasteiger partial charge in [0.1, 0.15) is 11.9 Å². The van der Waals surface area contributed by atoms with Gasteiger partial charge in [0.2, 0.25) is 5.91 Å². The van der Waals surface area contributed by atoms with E-state index in [9.17, 15) is 9.18 Å². The Labute approximate surface area is 99.0 Å². The summed E-state index contributed by atoms with van der Waals surface area (Å²) in [5.74, 6) is -0.386. The summed E-state index contributed by atoms with van der Waals surface area (Å²) in [6, 6.07) is 5.67. The van der Waals surface area contributed by atoms with Crippen LogP contribution in [0.3, 0.4) is 0 Å². The zero-order valence-corrected chi connectivity index (χ0v) is 9.40. The van der Waals surface area contributed by atoms with E-state index in [1.54, 1.807) is 12.1 Å². The lowest BCUT2D eigenvalue weighted by Crippen LogP contribution is -2.55. The number of carbonyl (C=O) groups excluding carboxylic acids is 1. The molecule has 0 spiro atoms. The van der Waals surface area contributed by atoms with Crippen LogP contribution in [-0.4, -0.2) is 36.8 Å². The Morgan fingerprint density at radius 3 is 2.76 bits per heavy atom. The van der Waals surface area contributed by atoms with Crippen LogP contribution in [0.5, 0.6) is 0 Å². The Hall–Kier alpha value is -1.62. The molecule has 1 aliphatic rings. The smallest absolute Gasteiger partial charge is 0.242 e. The topological polar surface area (TPSA) is 52.6 Å². The van der Waals surface area contributed by atoms with Gasteiger partial charge in [0, 0.05) is 25.4 Å². The largest absolute Gasteiger partial charge is 0.396 e. The van der Waals surface area contributed by atoms with Crippen molar-refractivity contribution in [1.29, 1.82) is 0 Å². The minimum absolute atomic E-state index is 0.0459. The third-order valence-electron chi connectivity index (χ3n) is 2.89. The Balaban J connectivity index is 2.21. The quantitative estimate of drug-likeness (QED) is 0.807. The molecule has 0 bridgehead atoms. The van der Waals surface area contributed by atoms with Crippen LogP contribution >= 0.6 is 0 Å². The average molecular weight is 238 g/mol. The maximum Gasteiger partial charge on any atom is 0.242 e. The molecule has 1 amide bonds. The second kappa shape index (κ2) is 5.14. The molecule has 1 saturated heterocycles. The highest BCUT2D eigenvalue weighted by Gasteiger charge is 2.29. The van der Waals surface area contributed by atoms with Crippen molar-refractivity contribution >= 4 is 11.6 Å². The van der Waals surface area contributed by atoms with Gasteiger partial charge < -0.3 is 15.3 Å². The first kappa shape index (κ1) is 11.9. The predicted octanol–water partition coefficient (Wildman–Crippen LogP) is 0.513. The number of hydrogen-bond acceptors (Lipinski definition) is 3. The van der Waals surface area contributed by atoms with E-state index in [0.29, 0.717) is 19.5 Å². The Kier molecular flexibility index (Phi) is 3.58. The number of hydrogen-bond donors (Lipinski definition) is 2. The number of rotatable bonds is 3. The lowest BCUT2D eigenvalue weighted by atomic mass is 10.1. The fourth-order valence-electron chi connectivity index (χ4n) is 2.07. The van der Waals surface area contributed by atoms with Gasteiger partial charge in [0.25, 0.3) is 0 Å². The average Bonchev–Trinajstić information content (AvgIpc) is 2.33. The first-order valence-corrected chi connectivity index (χ1v) is 5.63. The molecule has 0 saturated carbocycles. The molecule has 2 rings (SSSR count). The minimum Gasteiger partial charge on any atom is -0.396 e. The second-order valence-corrected chi connectivity index (χ2v) is 3.99. The maximum atomic E-state index is 12.8. The zero-order chi connectivity index (χ0) is 12.3. The molecule has 0 aliphatic carbocycles. The van der Waals surface area contributed by atoms with Crippen LogP contribution in [0.1, 0.15) is 6.42 Å². The van der Waals surface area contributed by atoms with Crippen molar-refractivity contribution in [2.45, 2.75) is 12.5 Å². The molecule has 1 aromatic carbocycles. The minimum atomic E-state index is -0.376. The molecule has 0 radical (unpaired) electrons. The maximum absolute atomic E-state index is 12.8. The van der Waals surface area contributed by atoms with Gasteiger partial charge in [-0.2, -0.15) is 0 Å².